The maximum Gasteiger partial charge on any atom is 0.345 e. The molecule has 0 aliphatic heterocycles. The third kappa shape index (κ3) is 10.9. The molecule has 0 saturated heterocycles. The average Bonchev–Trinajstić information content (AvgIpc) is 3.12. The Hall–Kier alpha value is -6.31. The predicted octanol–water partition coefficient (Wildman–Crippen LogP) is 4.26. The van der Waals surface area contributed by atoms with Crippen molar-refractivity contribution in [2.75, 3.05) is 26.4 Å². The first-order chi connectivity index (χ1) is 26.6. The molecule has 0 N–H and O–H groups in total. The summed E-state index contributed by atoms with van der Waals surface area (Å²) in [6.07, 6.45) is 0.360. The van der Waals surface area contributed by atoms with Crippen molar-refractivity contribution in [2.24, 2.45) is 0 Å². The number of esters is 4. The summed E-state index contributed by atoms with van der Waals surface area (Å²) in [6.45, 7) is 13.9. The summed E-state index contributed by atoms with van der Waals surface area (Å²) in [7, 11) is 0. The van der Waals surface area contributed by atoms with Crippen LogP contribution in [-0.4, -0.2) is 64.0 Å². The van der Waals surface area contributed by atoms with Crippen molar-refractivity contribution in [1.29, 1.82) is 0 Å². The molecule has 0 saturated carbocycles. The normalized spacial score (nSPS) is 10.8. The summed E-state index contributed by atoms with van der Waals surface area (Å²) in [5, 5.41) is 0. The van der Waals surface area contributed by atoms with Crippen LogP contribution in [0.15, 0.2) is 81.1 Å². The third-order valence-electron chi connectivity index (χ3n) is 8.61. The van der Waals surface area contributed by atoms with Crippen LogP contribution < -0.4 is 17.1 Å². The molecular formula is C42H47N3O11. The monoisotopic (exact) mass is 769 g/mol. The van der Waals surface area contributed by atoms with Crippen LogP contribution in [0.25, 0.3) is 17.1 Å². The van der Waals surface area contributed by atoms with E-state index in [0.29, 0.717) is 27.8 Å². The van der Waals surface area contributed by atoms with E-state index in [2.05, 4.69) is 6.58 Å². The Kier molecular flexibility index (Phi) is 14.6. The fourth-order valence-corrected chi connectivity index (χ4v) is 6.00. The molecule has 14 heteroatoms. The van der Waals surface area contributed by atoms with Gasteiger partial charge in [0.15, 0.2) is 0 Å². The molecule has 0 unspecified atom stereocenters. The standard InChI is InChI=1S/C42H47N3O11/c1-8-53-36(46)14-11-30-18-27(5)20-34(22-30)44-40(50)43(33-13-10-29(7)32(24-33)25-38(48)54-9-2)41(51)45(42(44)52)35-21-28(6)19-31(23-35)12-15-37(47)55-16-17-56-39(49)26(3)4/h10,13,18-24H,3,8-9,11-12,14-17,25H2,1-2,4-7H3. The summed E-state index contributed by atoms with van der Waals surface area (Å²) < 4.78 is 23.0. The van der Waals surface area contributed by atoms with Gasteiger partial charge in [-0.3, -0.25) is 14.4 Å². The van der Waals surface area contributed by atoms with Gasteiger partial charge >= 0.3 is 40.9 Å². The van der Waals surface area contributed by atoms with Gasteiger partial charge in [-0.2, -0.15) is 0 Å². The quantitative estimate of drug-likeness (QED) is 0.0651. The minimum Gasteiger partial charge on any atom is -0.466 e. The lowest BCUT2D eigenvalue weighted by Crippen LogP contribution is -2.52. The van der Waals surface area contributed by atoms with Gasteiger partial charge in [-0.05, 0) is 124 Å². The first-order valence-electron chi connectivity index (χ1n) is 18.3. The number of hydrogen-bond acceptors (Lipinski definition) is 11. The highest BCUT2D eigenvalue weighted by Gasteiger charge is 2.22. The number of rotatable bonds is 17. The highest BCUT2D eigenvalue weighted by Crippen LogP contribution is 2.18. The molecule has 0 radical (unpaired) electrons. The van der Waals surface area contributed by atoms with Crippen LogP contribution in [0.2, 0.25) is 0 Å². The largest absolute Gasteiger partial charge is 0.466 e. The number of ether oxygens (including phenoxy) is 4. The van der Waals surface area contributed by atoms with E-state index in [9.17, 15) is 33.6 Å². The fourth-order valence-electron chi connectivity index (χ4n) is 6.00. The molecule has 0 fully saturated rings. The van der Waals surface area contributed by atoms with Gasteiger partial charge in [0.2, 0.25) is 0 Å². The Bertz CT molecular complexity index is 2330. The van der Waals surface area contributed by atoms with Gasteiger partial charge in [0, 0.05) is 18.4 Å². The minimum absolute atomic E-state index is 0.0551. The van der Waals surface area contributed by atoms with Gasteiger partial charge in [-0.15, -0.1) is 0 Å². The molecule has 0 atom stereocenters. The van der Waals surface area contributed by atoms with E-state index >= 15 is 0 Å². The van der Waals surface area contributed by atoms with Gasteiger partial charge < -0.3 is 18.9 Å². The first kappa shape index (κ1) is 42.4. The number of hydrogen-bond donors (Lipinski definition) is 0. The highest BCUT2D eigenvalue weighted by atomic mass is 16.6. The van der Waals surface area contributed by atoms with E-state index in [1.807, 2.05) is 6.07 Å². The van der Waals surface area contributed by atoms with Crippen LogP contribution in [-0.2, 0) is 57.4 Å². The van der Waals surface area contributed by atoms with Crippen molar-refractivity contribution >= 4 is 23.9 Å². The van der Waals surface area contributed by atoms with Crippen LogP contribution in [0.4, 0.5) is 0 Å². The molecule has 0 bridgehead atoms. The van der Waals surface area contributed by atoms with E-state index in [-0.39, 0.29) is 81.2 Å². The fraction of sp³-hybridized carbons (Fsp3) is 0.357. The number of carbonyl (C=O) groups excluding carboxylic acids is 4. The molecule has 1 heterocycles. The smallest absolute Gasteiger partial charge is 0.345 e. The van der Waals surface area contributed by atoms with Crippen molar-refractivity contribution in [3.8, 4) is 17.1 Å². The lowest BCUT2D eigenvalue weighted by atomic mass is 10.0. The summed E-state index contributed by atoms with van der Waals surface area (Å²) >= 11 is 0. The molecule has 0 spiro atoms. The number of aryl methyl sites for hydroxylation is 5. The Labute approximate surface area is 323 Å². The van der Waals surface area contributed by atoms with Gasteiger partial charge in [0.05, 0.1) is 36.7 Å². The van der Waals surface area contributed by atoms with E-state index in [4.69, 9.17) is 18.9 Å². The van der Waals surface area contributed by atoms with Gasteiger partial charge in [0.25, 0.3) is 0 Å². The Morgan fingerprint density at radius 3 is 1.55 bits per heavy atom. The molecule has 0 amide bonds. The van der Waals surface area contributed by atoms with Gasteiger partial charge in [-0.1, -0.05) is 24.8 Å². The zero-order valence-corrected chi connectivity index (χ0v) is 32.6. The van der Waals surface area contributed by atoms with Gasteiger partial charge in [-0.25, -0.2) is 32.9 Å². The summed E-state index contributed by atoms with van der Waals surface area (Å²) in [6, 6.07) is 14.8. The Morgan fingerprint density at radius 1 is 0.589 bits per heavy atom. The summed E-state index contributed by atoms with van der Waals surface area (Å²) in [5.41, 5.74) is 1.67. The molecular weight excluding hydrogens is 722 g/mol. The molecule has 3 aromatic carbocycles. The zero-order valence-electron chi connectivity index (χ0n) is 32.6. The molecule has 0 aliphatic rings. The van der Waals surface area contributed by atoms with Crippen molar-refractivity contribution in [3.05, 3.63) is 132 Å². The maximum absolute atomic E-state index is 14.5. The second-order valence-electron chi connectivity index (χ2n) is 13.2. The minimum atomic E-state index is -0.961. The third-order valence-corrected chi connectivity index (χ3v) is 8.61. The topological polar surface area (TPSA) is 171 Å². The van der Waals surface area contributed by atoms with Crippen LogP contribution in [0.3, 0.4) is 0 Å². The van der Waals surface area contributed by atoms with E-state index < -0.39 is 40.9 Å². The average molecular weight is 770 g/mol. The lowest BCUT2D eigenvalue weighted by Gasteiger charge is -2.17. The highest BCUT2D eigenvalue weighted by molar-refractivity contribution is 5.86. The molecule has 296 valence electrons. The van der Waals surface area contributed by atoms with Crippen LogP contribution in [0.5, 0.6) is 0 Å². The first-order valence-corrected chi connectivity index (χ1v) is 18.3. The molecule has 1 aromatic heterocycles. The van der Waals surface area contributed by atoms with Crippen LogP contribution in [0.1, 0.15) is 67.0 Å². The van der Waals surface area contributed by atoms with Crippen molar-refractivity contribution in [2.45, 2.75) is 73.6 Å². The number of carbonyl (C=O) groups is 4. The van der Waals surface area contributed by atoms with Crippen molar-refractivity contribution < 1.29 is 38.1 Å². The van der Waals surface area contributed by atoms with Crippen molar-refractivity contribution in [3.63, 3.8) is 0 Å². The molecule has 14 nitrogen and oxygen atoms in total. The molecule has 0 aliphatic carbocycles. The van der Waals surface area contributed by atoms with E-state index in [1.165, 1.54) is 6.92 Å². The molecule has 4 aromatic rings. The number of aromatic nitrogens is 3. The summed E-state index contributed by atoms with van der Waals surface area (Å²) in [4.78, 5) is 92.1. The second kappa shape index (κ2) is 19.3. The SMILES string of the molecule is C=C(C)C(=O)OCCOC(=O)CCc1cc(C)cc(-n2c(=O)n(-c3cc(C)cc(CCC(=O)OCC)c3)c(=O)n(-c3ccc(C)c(CC(=O)OCC)c3)c2=O)c1. The molecule has 56 heavy (non-hydrogen) atoms. The summed E-state index contributed by atoms with van der Waals surface area (Å²) in [5.74, 6) is -2.02. The van der Waals surface area contributed by atoms with Crippen LogP contribution in [0, 0.1) is 20.8 Å². The van der Waals surface area contributed by atoms with Crippen LogP contribution >= 0.6 is 0 Å². The molecule has 4 rings (SSSR count). The van der Waals surface area contributed by atoms with Gasteiger partial charge in [0.1, 0.15) is 13.2 Å². The number of nitrogens with zero attached hydrogens (tertiary/aromatic N) is 3. The van der Waals surface area contributed by atoms with E-state index in [1.54, 1.807) is 83.1 Å². The lowest BCUT2D eigenvalue weighted by molar-refractivity contribution is -0.150. The predicted molar refractivity (Wildman–Crippen MR) is 208 cm³/mol. The Balaban J connectivity index is 1.84. The maximum atomic E-state index is 14.5. The number of benzene rings is 3. The Morgan fingerprint density at radius 2 is 1.05 bits per heavy atom. The second-order valence-corrected chi connectivity index (χ2v) is 13.2. The zero-order chi connectivity index (χ0) is 41.1. The van der Waals surface area contributed by atoms with E-state index in [0.717, 1.165) is 19.3 Å². The van der Waals surface area contributed by atoms with Crippen molar-refractivity contribution in [1.82, 2.24) is 13.7 Å².